The standard InChI is InChI=1S/C14H16ClNOS/c1-3-9-16-14(18-10-4-2)11-17-13-8-6-5-7-12(13)15/h3-8H,1-2,9-11H2. The molecule has 0 aliphatic heterocycles. The molecule has 0 heterocycles. The lowest BCUT2D eigenvalue weighted by molar-refractivity contribution is 0.379. The molecule has 0 aliphatic rings. The van der Waals surface area contributed by atoms with Gasteiger partial charge in [0.25, 0.3) is 0 Å². The third-order valence-electron chi connectivity index (χ3n) is 1.95. The molecule has 96 valence electrons. The number of hydrogen-bond donors (Lipinski definition) is 0. The smallest absolute Gasteiger partial charge is 0.138 e. The predicted octanol–water partition coefficient (Wildman–Crippen LogP) is 4.22. The van der Waals surface area contributed by atoms with E-state index < -0.39 is 0 Å². The van der Waals surface area contributed by atoms with Crippen LogP contribution < -0.4 is 4.74 Å². The van der Waals surface area contributed by atoms with Crippen LogP contribution in [0.4, 0.5) is 0 Å². The quantitative estimate of drug-likeness (QED) is 0.424. The zero-order valence-corrected chi connectivity index (χ0v) is 11.7. The second kappa shape index (κ2) is 8.84. The first-order valence-corrected chi connectivity index (χ1v) is 6.89. The summed E-state index contributed by atoms with van der Waals surface area (Å²) in [7, 11) is 0. The van der Waals surface area contributed by atoms with Crippen molar-refractivity contribution in [3.8, 4) is 5.75 Å². The van der Waals surface area contributed by atoms with E-state index in [2.05, 4.69) is 18.2 Å². The highest BCUT2D eigenvalue weighted by atomic mass is 35.5. The van der Waals surface area contributed by atoms with Crippen molar-refractivity contribution in [3.05, 3.63) is 54.6 Å². The number of nitrogens with zero attached hydrogens (tertiary/aromatic N) is 1. The third-order valence-corrected chi connectivity index (χ3v) is 3.25. The maximum absolute atomic E-state index is 6.01. The molecule has 0 unspecified atom stereocenters. The number of thioether (sulfide) groups is 1. The summed E-state index contributed by atoms with van der Waals surface area (Å²) in [4.78, 5) is 4.37. The summed E-state index contributed by atoms with van der Waals surface area (Å²) in [6, 6.07) is 7.40. The highest BCUT2D eigenvalue weighted by Crippen LogP contribution is 2.23. The topological polar surface area (TPSA) is 21.6 Å². The van der Waals surface area contributed by atoms with Crippen molar-refractivity contribution in [1.82, 2.24) is 0 Å². The molecule has 0 aromatic heterocycles. The van der Waals surface area contributed by atoms with Gasteiger partial charge < -0.3 is 4.74 Å². The van der Waals surface area contributed by atoms with Crippen LogP contribution in [-0.2, 0) is 0 Å². The summed E-state index contributed by atoms with van der Waals surface area (Å²) < 4.78 is 5.64. The lowest BCUT2D eigenvalue weighted by Gasteiger charge is -2.09. The highest BCUT2D eigenvalue weighted by Gasteiger charge is 2.03. The Balaban J connectivity index is 2.58. The lowest BCUT2D eigenvalue weighted by atomic mass is 10.3. The number of aliphatic imine (C=N–C) groups is 1. The van der Waals surface area contributed by atoms with Crippen molar-refractivity contribution < 1.29 is 4.74 Å². The fourth-order valence-corrected chi connectivity index (χ4v) is 1.96. The second-order valence-corrected chi connectivity index (χ2v) is 4.84. The van der Waals surface area contributed by atoms with Gasteiger partial charge >= 0.3 is 0 Å². The molecule has 1 aromatic carbocycles. The molecular weight excluding hydrogens is 266 g/mol. The van der Waals surface area contributed by atoms with Crippen LogP contribution in [0, 0.1) is 0 Å². The van der Waals surface area contributed by atoms with E-state index in [-0.39, 0.29) is 0 Å². The van der Waals surface area contributed by atoms with Crippen molar-refractivity contribution in [2.45, 2.75) is 0 Å². The molecule has 0 spiro atoms. The average molecular weight is 282 g/mol. The van der Waals surface area contributed by atoms with Gasteiger partial charge in [0, 0.05) is 5.75 Å². The molecule has 0 saturated carbocycles. The van der Waals surface area contributed by atoms with Crippen molar-refractivity contribution in [3.63, 3.8) is 0 Å². The number of benzene rings is 1. The van der Waals surface area contributed by atoms with E-state index >= 15 is 0 Å². The molecule has 0 saturated heterocycles. The maximum atomic E-state index is 6.01. The van der Waals surface area contributed by atoms with Crippen LogP contribution in [0.5, 0.6) is 5.75 Å². The maximum Gasteiger partial charge on any atom is 0.138 e. The van der Waals surface area contributed by atoms with Crippen LogP contribution in [0.1, 0.15) is 0 Å². The molecule has 2 nitrogen and oxygen atoms in total. The van der Waals surface area contributed by atoms with Crippen LogP contribution in [0.3, 0.4) is 0 Å². The molecule has 0 bridgehead atoms. The van der Waals surface area contributed by atoms with Gasteiger partial charge in [-0.1, -0.05) is 35.9 Å². The Kier molecular flexibility index (Phi) is 7.30. The fraction of sp³-hybridized carbons (Fsp3) is 0.214. The first-order valence-electron chi connectivity index (χ1n) is 5.53. The van der Waals surface area contributed by atoms with Crippen LogP contribution in [-0.4, -0.2) is 23.9 Å². The summed E-state index contributed by atoms with van der Waals surface area (Å²) in [6.07, 6.45) is 3.59. The van der Waals surface area contributed by atoms with Crippen LogP contribution in [0.25, 0.3) is 0 Å². The Morgan fingerprint density at radius 1 is 1.33 bits per heavy atom. The first kappa shape index (κ1) is 14.9. The summed E-state index contributed by atoms with van der Waals surface area (Å²) >= 11 is 7.62. The van der Waals surface area contributed by atoms with Crippen molar-refractivity contribution in [1.29, 1.82) is 0 Å². The zero-order valence-electron chi connectivity index (χ0n) is 10.1. The Morgan fingerprint density at radius 3 is 2.78 bits per heavy atom. The number of rotatable bonds is 7. The van der Waals surface area contributed by atoms with Gasteiger partial charge in [0.2, 0.25) is 0 Å². The van der Waals surface area contributed by atoms with Gasteiger partial charge in [-0.2, -0.15) is 0 Å². The van der Waals surface area contributed by atoms with E-state index in [1.54, 1.807) is 23.9 Å². The van der Waals surface area contributed by atoms with Gasteiger partial charge in [-0.15, -0.1) is 24.9 Å². The minimum absolute atomic E-state index is 0.413. The summed E-state index contributed by atoms with van der Waals surface area (Å²) in [6.45, 7) is 8.34. The SMILES string of the molecule is C=CCN=C(COc1ccccc1Cl)SCC=C. The Bertz CT molecular complexity index is 432. The summed E-state index contributed by atoms with van der Waals surface area (Å²) in [5.41, 5.74) is 0. The molecule has 0 atom stereocenters. The van der Waals surface area contributed by atoms with Crippen molar-refractivity contribution >= 4 is 28.4 Å². The molecule has 1 rings (SSSR count). The van der Waals surface area contributed by atoms with E-state index in [4.69, 9.17) is 16.3 Å². The van der Waals surface area contributed by atoms with Crippen LogP contribution >= 0.6 is 23.4 Å². The predicted molar refractivity (Wildman–Crippen MR) is 82.1 cm³/mol. The van der Waals surface area contributed by atoms with Gasteiger partial charge in [-0.25, -0.2) is 0 Å². The van der Waals surface area contributed by atoms with E-state index in [1.807, 2.05) is 24.3 Å². The number of hydrogen-bond acceptors (Lipinski definition) is 3. The molecule has 4 heteroatoms. The molecule has 0 amide bonds. The van der Waals surface area contributed by atoms with Crippen LogP contribution in [0.2, 0.25) is 5.02 Å². The van der Waals surface area contributed by atoms with Crippen molar-refractivity contribution in [2.24, 2.45) is 4.99 Å². The van der Waals surface area contributed by atoms with Gasteiger partial charge in [0.15, 0.2) is 0 Å². The van der Waals surface area contributed by atoms with Crippen molar-refractivity contribution in [2.75, 3.05) is 18.9 Å². The Labute approximate surface area is 117 Å². The monoisotopic (exact) mass is 281 g/mol. The molecular formula is C14H16ClNOS. The van der Waals surface area contributed by atoms with E-state index in [0.29, 0.717) is 23.9 Å². The van der Waals surface area contributed by atoms with E-state index in [0.717, 1.165) is 10.8 Å². The summed E-state index contributed by atoms with van der Waals surface area (Å²) in [5.74, 6) is 1.48. The molecule has 1 aromatic rings. The Hall–Kier alpha value is -1.19. The van der Waals surface area contributed by atoms with Gasteiger partial charge in [-0.05, 0) is 12.1 Å². The van der Waals surface area contributed by atoms with Crippen LogP contribution in [0.15, 0.2) is 54.6 Å². The first-order chi connectivity index (χ1) is 8.77. The average Bonchev–Trinajstić information content (AvgIpc) is 2.39. The molecule has 0 aliphatic carbocycles. The molecule has 18 heavy (non-hydrogen) atoms. The van der Waals surface area contributed by atoms with Gasteiger partial charge in [0.1, 0.15) is 17.4 Å². The third kappa shape index (κ3) is 5.43. The van der Waals surface area contributed by atoms with Gasteiger partial charge in [0.05, 0.1) is 11.6 Å². The number of halogens is 1. The minimum Gasteiger partial charge on any atom is -0.485 e. The fourth-order valence-electron chi connectivity index (χ4n) is 1.16. The van der Waals surface area contributed by atoms with E-state index in [1.165, 1.54) is 0 Å². The molecule has 0 N–H and O–H groups in total. The lowest BCUT2D eigenvalue weighted by Crippen LogP contribution is -2.09. The normalized spacial score (nSPS) is 11.1. The number of para-hydroxylation sites is 1. The minimum atomic E-state index is 0.413. The summed E-state index contributed by atoms with van der Waals surface area (Å²) in [5, 5.41) is 1.52. The van der Waals surface area contributed by atoms with E-state index in [9.17, 15) is 0 Å². The molecule has 0 radical (unpaired) electrons. The number of ether oxygens (including phenoxy) is 1. The Morgan fingerprint density at radius 2 is 2.11 bits per heavy atom. The molecule has 0 fully saturated rings. The second-order valence-electron chi connectivity index (χ2n) is 3.34. The zero-order chi connectivity index (χ0) is 13.2. The highest BCUT2D eigenvalue weighted by molar-refractivity contribution is 8.14. The largest absolute Gasteiger partial charge is 0.485 e. The van der Waals surface area contributed by atoms with Gasteiger partial charge in [-0.3, -0.25) is 4.99 Å².